The van der Waals surface area contributed by atoms with Crippen LogP contribution in [-0.2, 0) is 9.31 Å². The van der Waals surface area contributed by atoms with Gasteiger partial charge < -0.3 is 9.31 Å². The molecule has 1 aromatic carbocycles. The van der Waals surface area contributed by atoms with Gasteiger partial charge in [0.1, 0.15) is 5.82 Å². The Morgan fingerprint density at radius 3 is 2.13 bits per heavy atom. The van der Waals surface area contributed by atoms with Gasteiger partial charge in [0.15, 0.2) is 0 Å². The van der Waals surface area contributed by atoms with Gasteiger partial charge in [0.25, 0.3) is 0 Å². The second kappa shape index (κ2) is 5.43. The molecule has 120 valence electrons. The van der Waals surface area contributed by atoms with E-state index in [4.69, 9.17) is 9.31 Å². The van der Waals surface area contributed by atoms with Gasteiger partial charge in [-0.05, 0) is 63.9 Å². The van der Waals surface area contributed by atoms with Crippen molar-refractivity contribution in [3.05, 3.63) is 48.0 Å². The molecule has 23 heavy (non-hydrogen) atoms. The highest BCUT2D eigenvalue weighted by Gasteiger charge is 2.52. The summed E-state index contributed by atoms with van der Waals surface area (Å²) in [5.74, 6) is -0.324. The number of pyridine rings is 1. The number of rotatable bonds is 2. The molecule has 1 aliphatic heterocycles. The minimum atomic E-state index is -0.687. The predicted octanol–water partition coefficient (Wildman–Crippen LogP) is 3.50. The van der Waals surface area contributed by atoms with Crippen LogP contribution in [0.25, 0.3) is 11.1 Å². The normalized spacial score (nSPS) is 19.1. The Kier molecular flexibility index (Phi) is 3.81. The van der Waals surface area contributed by atoms with Crippen LogP contribution in [0.5, 0.6) is 0 Å². The summed E-state index contributed by atoms with van der Waals surface area (Å²) in [4.78, 5) is 4.17. The van der Waals surface area contributed by atoms with Gasteiger partial charge >= 0.3 is 7.12 Å². The second-order valence-electron chi connectivity index (χ2n) is 7.01. The van der Waals surface area contributed by atoms with E-state index in [0.717, 1.165) is 16.8 Å². The third-order valence-electron chi connectivity index (χ3n) is 4.74. The summed E-state index contributed by atoms with van der Waals surface area (Å²) in [6.07, 6.45) is 1.73. The van der Waals surface area contributed by atoms with Gasteiger partial charge in [-0.15, -0.1) is 0 Å². The molecule has 1 aliphatic rings. The van der Waals surface area contributed by atoms with Crippen LogP contribution < -0.4 is 5.46 Å². The molecule has 0 bridgehead atoms. The zero-order valence-corrected chi connectivity index (χ0v) is 14.2. The molecule has 1 aromatic heterocycles. The smallest absolute Gasteiger partial charge is 0.399 e. The molecule has 0 amide bonds. The molecule has 3 rings (SSSR count). The van der Waals surface area contributed by atoms with Crippen LogP contribution >= 0.6 is 0 Å². The largest absolute Gasteiger partial charge is 0.497 e. The highest BCUT2D eigenvalue weighted by Crippen LogP contribution is 2.36. The third kappa shape index (κ3) is 2.91. The Hall–Kier alpha value is -1.72. The number of halogens is 1. The van der Waals surface area contributed by atoms with Crippen LogP contribution in [0.15, 0.2) is 36.5 Å². The minimum absolute atomic E-state index is 0.324. The molecule has 0 saturated carbocycles. The number of hydrogen-bond donors (Lipinski definition) is 0. The van der Waals surface area contributed by atoms with Gasteiger partial charge in [-0.3, -0.25) is 4.98 Å². The van der Waals surface area contributed by atoms with Gasteiger partial charge in [0, 0.05) is 17.4 Å². The van der Waals surface area contributed by atoms with Crippen molar-refractivity contribution in [2.24, 2.45) is 0 Å². The maximum absolute atomic E-state index is 14.6. The van der Waals surface area contributed by atoms with Crippen LogP contribution in [0, 0.1) is 12.7 Å². The van der Waals surface area contributed by atoms with Crippen LogP contribution in [-0.4, -0.2) is 23.3 Å². The molecule has 0 N–H and O–H groups in total. The SMILES string of the molecule is Cc1cc(-c2ccc(B3OC(C)(C)C(C)(C)O3)c(F)c2)ccn1. The van der Waals surface area contributed by atoms with E-state index in [0.29, 0.717) is 5.46 Å². The molecule has 0 atom stereocenters. The summed E-state index contributed by atoms with van der Waals surface area (Å²) in [5.41, 5.74) is 2.12. The average Bonchev–Trinajstić information content (AvgIpc) is 2.67. The van der Waals surface area contributed by atoms with Crippen molar-refractivity contribution in [1.29, 1.82) is 0 Å². The Balaban J connectivity index is 1.92. The molecule has 2 aromatic rings. The van der Waals surface area contributed by atoms with Gasteiger partial charge in [-0.2, -0.15) is 0 Å². The summed E-state index contributed by atoms with van der Waals surface area (Å²) < 4.78 is 26.5. The molecular weight excluding hydrogens is 292 g/mol. The first-order valence-electron chi connectivity index (χ1n) is 7.78. The lowest BCUT2D eigenvalue weighted by molar-refractivity contribution is 0.00578. The fourth-order valence-corrected chi connectivity index (χ4v) is 2.59. The lowest BCUT2D eigenvalue weighted by Gasteiger charge is -2.32. The minimum Gasteiger partial charge on any atom is -0.399 e. The molecular formula is C18H21BFNO2. The predicted molar refractivity (Wildman–Crippen MR) is 90.1 cm³/mol. The average molecular weight is 313 g/mol. The lowest BCUT2D eigenvalue weighted by Crippen LogP contribution is -2.41. The number of nitrogens with zero attached hydrogens (tertiary/aromatic N) is 1. The summed E-state index contributed by atoms with van der Waals surface area (Å²) in [6, 6.07) is 8.95. The highest BCUT2D eigenvalue weighted by molar-refractivity contribution is 6.62. The molecule has 3 nitrogen and oxygen atoms in total. The van der Waals surface area contributed by atoms with E-state index in [9.17, 15) is 4.39 Å². The fourth-order valence-electron chi connectivity index (χ4n) is 2.59. The zero-order chi connectivity index (χ0) is 16.8. The first-order chi connectivity index (χ1) is 10.7. The summed E-state index contributed by atoms with van der Waals surface area (Å²) in [6.45, 7) is 9.74. The van der Waals surface area contributed by atoms with Crippen LogP contribution in [0.4, 0.5) is 4.39 Å². The molecule has 0 unspecified atom stereocenters. The van der Waals surface area contributed by atoms with Crippen molar-refractivity contribution in [3.63, 3.8) is 0 Å². The Bertz CT molecular complexity index is 730. The molecule has 1 fully saturated rings. The summed E-state index contributed by atoms with van der Waals surface area (Å²) in [7, 11) is -0.687. The van der Waals surface area contributed by atoms with Crippen molar-refractivity contribution in [3.8, 4) is 11.1 Å². The highest BCUT2D eigenvalue weighted by atomic mass is 19.1. The molecule has 2 heterocycles. The number of aromatic nitrogens is 1. The Morgan fingerprint density at radius 2 is 1.57 bits per heavy atom. The maximum Gasteiger partial charge on any atom is 0.497 e. The van der Waals surface area contributed by atoms with Crippen LogP contribution in [0.3, 0.4) is 0 Å². The van der Waals surface area contributed by atoms with Gasteiger partial charge in [-0.1, -0.05) is 12.1 Å². The molecule has 0 aliphatic carbocycles. The van der Waals surface area contributed by atoms with E-state index in [1.165, 1.54) is 6.07 Å². The molecule has 0 spiro atoms. The van der Waals surface area contributed by atoms with E-state index < -0.39 is 18.3 Å². The van der Waals surface area contributed by atoms with Crippen molar-refractivity contribution in [2.45, 2.75) is 45.8 Å². The Morgan fingerprint density at radius 1 is 0.957 bits per heavy atom. The lowest BCUT2D eigenvalue weighted by atomic mass is 9.78. The van der Waals surface area contributed by atoms with Crippen molar-refractivity contribution in [2.75, 3.05) is 0 Å². The van der Waals surface area contributed by atoms with E-state index >= 15 is 0 Å². The van der Waals surface area contributed by atoms with E-state index in [1.54, 1.807) is 12.3 Å². The monoisotopic (exact) mass is 313 g/mol. The molecule has 5 heteroatoms. The first-order valence-corrected chi connectivity index (χ1v) is 7.78. The van der Waals surface area contributed by atoms with Gasteiger partial charge in [0.05, 0.1) is 11.2 Å². The summed E-state index contributed by atoms with van der Waals surface area (Å²) in [5, 5.41) is 0. The number of benzene rings is 1. The quantitative estimate of drug-likeness (QED) is 0.795. The van der Waals surface area contributed by atoms with Crippen LogP contribution in [0.2, 0.25) is 0 Å². The fraction of sp³-hybridized carbons (Fsp3) is 0.389. The first kappa shape index (κ1) is 16.2. The number of hydrogen-bond acceptors (Lipinski definition) is 3. The van der Waals surface area contributed by atoms with E-state index in [1.807, 2.05) is 52.8 Å². The second-order valence-corrected chi connectivity index (χ2v) is 7.01. The summed E-state index contributed by atoms with van der Waals surface area (Å²) >= 11 is 0. The standard InChI is InChI=1S/C18H21BFNO2/c1-12-10-14(8-9-21-12)13-6-7-15(16(20)11-13)19-22-17(2,3)18(4,5)23-19/h6-11H,1-5H3. The maximum atomic E-state index is 14.6. The molecule has 1 saturated heterocycles. The van der Waals surface area contributed by atoms with Crippen molar-refractivity contribution in [1.82, 2.24) is 4.98 Å². The third-order valence-corrected chi connectivity index (χ3v) is 4.74. The van der Waals surface area contributed by atoms with Gasteiger partial charge in [-0.25, -0.2) is 4.39 Å². The van der Waals surface area contributed by atoms with Crippen molar-refractivity contribution >= 4 is 12.6 Å². The van der Waals surface area contributed by atoms with E-state index in [2.05, 4.69) is 4.98 Å². The topological polar surface area (TPSA) is 31.4 Å². The molecule has 0 radical (unpaired) electrons. The van der Waals surface area contributed by atoms with Crippen molar-refractivity contribution < 1.29 is 13.7 Å². The van der Waals surface area contributed by atoms with E-state index in [-0.39, 0.29) is 5.82 Å². The Labute approximate surface area is 137 Å². The number of aryl methyl sites for hydroxylation is 1. The van der Waals surface area contributed by atoms with Gasteiger partial charge in [0.2, 0.25) is 0 Å². The zero-order valence-electron chi connectivity index (χ0n) is 14.2. The van der Waals surface area contributed by atoms with Crippen LogP contribution in [0.1, 0.15) is 33.4 Å².